The van der Waals surface area contributed by atoms with Crippen LogP contribution in [0, 0.1) is 11.3 Å². The van der Waals surface area contributed by atoms with Gasteiger partial charge in [-0.3, -0.25) is 0 Å². The normalized spacial score (nSPS) is 12.1. The van der Waals surface area contributed by atoms with Crippen molar-refractivity contribution in [3.8, 4) is 6.07 Å². The molecule has 0 fully saturated rings. The Morgan fingerprint density at radius 3 is 2.33 bits per heavy atom. The van der Waals surface area contributed by atoms with E-state index in [2.05, 4.69) is 15.9 Å². The van der Waals surface area contributed by atoms with Crippen LogP contribution in [-0.4, -0.2) is 28.3 Å². The van der Waals surface area contributed by atoms with Crippen molar-refractivity contribution in [2.45, 2.75) is 4.90 Å². The van der Waals surface area contributed by atoms with Crippen molar-refractivity contribution < 1.29 is 16.8 Å². The first-order valence-corrected chi connectivity index (χ1v) is 9.43. The fourth-order valence-electron chi connectivity index (χ4n) is 1.17. The van der Waals surface area contributed by atoms with Gasteiger partial charge in [-0.2, -0.15) is 5.26 Å². The van der Waals surface area contributed by atoms with Crippen LogP contribution in [0.2, 0.25) is 0 Å². The molecule has 0 atom stereocenters. The van der Waals surface area contributed by atoms with Crippen molar-refractivity contribution in [1.29, 1.82) is 5.26 Å². The van der Waals surface area contributed by atoms with Gasteiger partial charge in [0.25, 0.3) is 0 Å². The largest absolute Gasteiger partial charge is 0.233 e. The monoisotopic (exact) mass is 371 g/mol. The molecule has 1 rings (SSSR count). The molecule has 0 aliphatic carbocycles. The summed E-state index contributed by atoms with van der Waals surface area (Å²) < 4.78 is 45.8. The Morgan fingerprint density at radius 1 is 1.22 bits per heavy atom. The van der Waals surface area contributed by atoms with Crippen molar-refractivity contribution in [2.75, 3.05) is 11.5 Å². The molecule has 0 aromatic heterocycles. The molecule has 0 N–H and O–H groups in total. The van der Waals surface area contributed by atoms with Crippen molar-refractivity contribution in [3.63, 3.8) is 0 Å². The third-order valence-electron chi connectivity index (χ3n) is 2.00. The molecule has 0 aliphatic heterocycles. The number of rotatable bonds is 4. The number of nitrogens with zero attached hydrogens (tertiary/aromatic N) is 1. The minimum atomic E-state index is -3.90. The molecule has 0 bridgehead atoms. The zero-order chi connectivity index (χ0) is 14.0. The molecule has 1 aromatic carbocycles. The van der Waals surface area contributed by atoms with Crippen molar-refractivity contribution >= 4 is 45.5 Å². The van der Waals surface area contributed by atoms with E-state index in [1.807, 2.05) is 0 Å². The van der Waals surface area contributed by atoms with Crippen LogP contribution in [0.25, 0.3) is 0 Å². The van der Waals surface area contributed by atoms with Gasteiger partial charge >= 0.3 is 0 Å². The summed E-state index contributed by atoms with van der Waals surface area (Å²) in [6.07, 6.45) is 0. The molecule has 0 saturated heterocycles. The summed E-state index contributed by atoms with van der Waals surface area (Å²) >= 11 is 3.09. The lowest BCUT2D eigenvalue weighted by Crippen LogP contribution is -2.15. The van der Waals surface area contributed by atoms with Crippen molar-refractivity contribution in [3.05, 3.63) is 28.2 Å². The van der Waals surface area contributed by atoms with Gasteiger partial charge in [-0.25, -0.2) is 16.8 Å². The molecule has 0 spiro atoms. The molecule has 0 unspecified atom stereocenters. The summed E-state index contributed by atoms with van der Waals surface area (Å²) in [5.74, 6) is -1.36. The first kappa shape index (κ1) is 15.4. The predicted octanol–water partition coefficient (Wildman–Crippen LogP) is 1.66. The lowest BCUT2D eigenvalue weighted by molar-refractivity contribution is 0.592. The average molecular weight is 373 g/mol. The predicted molar refractivity (Wildman–Crippen MR) is 70.5 cm³/mol. The molecule has 0 amide bonds. The summed E-state index contributed by atoms with van der Waals surface area (Å²) in [6, 6.07) is 5.87. The number of nitriles is 1. The molecule has 1 aromatic rings. The van der Waals surface area contributed by atoms with E-state index in [1.54, 1.807) is 6.07 Å². The van der Waals surface area contributed by atoms with Crippen LogP contribution in [-0.2, 0) is 18.9 Å². The summed E-state index contributed by atoms with van der Waals surface area (Å²) in [4.78, 5) is -0.209. The lowest BCUT2D eigenvalue weighted by Gasteiger charge is -2.05. The molecule has 98 valence electrons. The van der Waals surface area contributed by atoms with E-state index in [-0.39, 0.29) is 10.5 Å². The molecular weight excluding hydrogens is 366 g/mol. The Bertz CT molecular complexity index is 707. The van der Waals surface area contributed by atoms with Gasteiger partial charge in [0.05, 0.1) is 22.0 Å². The second-order valence-electron chi connectivity index (χ2n) is 3.31. The minimum Gasteiger partial charge on any atom is -0.224 e. The molecule has 18 heavy (non-hydrogen) atoms. The Hall–Kier alpha value is -0.620. The zero-order valence-electron chi connectivity index (χ0n) is 8.80. The Labute approximate surface area is 118 Å². The van der Waals surface area contributed by atoms with Crippen LogP contribution in [0.15, 0.2) is 27.6 Å². The van der Waals surface area contributed by atoms with E-state index in [0.29, 0.717) is 4.47 Å². The van der Waals surface area contributed by atoms with Gasteiger partial charge in [-0.05, 0) is 18.2 Å². The number of hydrogen-bond acceptors (Lipinski definition) is 5. The maximum absolute atomic E-state index is 11.9. The van der Waals surface area contributed by atoms with E-state index >= 15 is 0 Å². The van der Waals surface area contributed by atoms with Gasteiger partial charge in [-0.15, -0.1) is 0 Å². The molecule has 5 nitrogen and oxygen atoms in total. The van der Waals surface area contributed by atoms with E-state index in [4.69, 9.17) is 15.9 Å². The SMILES string of the molecule is N#Cc1ccc(Br)cc1S(=O)(=O)CCS(=O)(=O)Cl. The summed E-state index contributed by atoms with van der Waals surface area (Å²) in [5.41, 5.74) is -0.0369. The standard InChI is InChI=1S/C9H7BrClNO4S2/c10-8-2-1-7(6-12)9(5-8)17(13,14)3-4-18(11,15)16/h1-2,5H,3-4H2. The average Bonchev–Trinajstić information content (AvgIpc) is 2.26. The summed E-state index contributed by atoms with van der Waals surface area (Å²) in [5, 5.41) is 8.83. The zero-order valence-corrected chi connectivity index (χ0v) is 12.8. The third kappa shape index (κ3) is 4.24. The highest BCUT2D eigenvalue weighted by Gasteiger charge is 2.22. The fraction of sp³-hybridized carbons (Fsp3) is 0.222. The number of sulfone groups is 1. The Balaban J connectivity index is 3.21. The Morgan fingerprint density at radius 2 is 1.83 bits per heavy atom. The van der Waals surface area contributed by atoms with E-state index in [9.17, 15) is 16.8 Å². The maximum atomic E-state index is 11.9. The van der Waals surface area contributed by atoms with Gasteiger partial charge < -0.3 is 0 Å². The quantitative estimate of drug-likeness (QED) is 0.750. The number of hydrogen-bond donors (Lipinski definition) is 0. The molecule has 0 saturated carbocycles. The van der Waals surface area contributed by atoms with E-state index < -0.39 is 30.4 Å². The third-order valence-corrected chi connectivity index (χ3v) is 5.65. The fourth-order valence-corrected chi connectivity index (χ4v) is 4.89. The van der Waals surface area contributed by atoms with Gasteiger partial charge in [-0.1, -0.05) is 15.9 Å². The lowest BCUT2D eigenvalue weighted by atomic mass is 10.2. The van der Waals surface area contributed by atoms with Gasteiger partial charge in [0, 0.05) is 15.2 Å². The van der Waals surface area contributed by atoms with Gasteiger partial charge in [0.15, 0.2) is 9.84 Å². The highest BCUT2D eigenvalue weighted by Crippen LogP contribution is 2.22. The first-order valence-electron chi connectivity index (χ1n) is 4.50. The van der Waals surface area contributed by atoms with Gasteiger partial charge in [0.1, 0.15) is 6.07 Å². The van der Waals surface area contributed by atoms with Crippen LogP contribution >= 0.6 is 26.6 Å². The van der Waals surface area contributed by atoms with Crippen molar-refractivity contribution in [1.82, 2.24) is 0 Å². The second-order valence-corrected chi connectivity index (χ2v) is 9.20. The highest BCUT2D eigenvalue weighted by atomic mass is 79.9. The number of benzene rings is 1. The smallest absolute Gasteiger partial charge is 0.224 e. The first-order chi connectivity index (χ1) is 8.15. The molecule has 0 aliphatic rings. The van der Waals surface area contributed by atoms with Crippen molar-refractivity contribution in [2.24, 2.45) is 0 Å². The molecule has 0 heterocycles. The summed E-state index contributed by atoms with van der Waals surface area (Å²) in [7, 11) is -2.81. The maximum Gasteiger partial charge on any atom is 0.233 e. The van der Waals surface area contributed by atoms with Crippen LogP contribution < -0.4 is 0 Å². The molecule has 9 heteroatoms. The second kappa shape index (κ2) is 5.57. The topological polar surface area (TPSA) is 92.1 Å². The minimum absolute atomic E-state index is 0.0369. The summed E-state index contributed by atoms with van der Waals surface area (Å²) in [6.45, 7) is 0. The molecular formula is C9H7BrClNO4S2. The molecule has 0 radical (unpaired) electrons. The Kier molecular flexibility index (Phi) is 4.78. The van der Waals surface area contributed by atoms with Crippen LogP contribution in [0.5, 0.6) is 0 Å². The van der Waals surface area contributed by atoms with E-state index in [0.717, 1.165) is 0 Å². The number of halogens is 2. The van der Waals surface area contributed by atoms with Crippen LogP contribution in [0.3, 0.4) is 0 Å². The van der Waals surface area contributed by atoms with Gasteiger partial charge in [0.2, 0.25) is 9.05 Å². The highest BCUT2D eigenvalue weighted by molar-refractivity contribution is 9.10. The van der Waals surface area contributed by atoms with Crippen LogP contribution in [0.1, 0.15) is 5.56 Å². The van der Waals surface area contributed by atoms with E-state index in [1.165, 1.54) is 18.2 Å². The van der Waals surface area contributed by atoms with Crippen LogP contribution in [0.4, 0.5) is 0 Å².